The van der Waals surface area contributed by atoms with E-state index in [1.54, 1.807) is 38.1 Å². The molecule has 1 atom stereocenters. The number of carbonyl (C=O) groups is 2. The van der Waals surface area contributed by atoms with Crippen LogP contribution in [0.4, 0.5) is 10.5 Å². The highest BCUT2D eigenvalue weighted by atomic mass is 16.4. The van der Waals surface area contributed by atoms with E-state index in [1.807, 2.05) is 0 Å². The van der Waals surface area contributed by atoms with Gasteiger partial charge in [0.05, 0.1) is 0 Å². The summed E-state index contributed by atoms with van der Waals surface area (Å²) >= 11 is 0. The van der Waals surface area contributed by atoms with Gasteiger partial charge in [-0.3, -0.25) is 0 Å². The number of rotatable bonds is 4. The van der Waals surface area contributed by atoms with E-state index in [-0.39, 0.29) is 5.92 Å². The van der Waals surface area contributed by atoms with Gasteiger partial charge in [-0.25, -0.2) is 9.59 Å². The monoisotopic (exact) mass is 246 g/mol. The Morgan fingerprint density at radius 1 is 1.22 bits per heavy atom. The van der Waals surface area contributed by atoms with Crippen molar-refractivity contribution in [3.05, 3.63) is 24.3 Å². The molecule has 0 saturated heterocycles. The molecule has 0 spiro atoms. The maximum absolute atomic E-state index is 11.6. The molecule has 2 amide bonds. The van der Waals surface area contributed by atoms with Gasteiger partial charge in [-0.2, -0.15) is 0 Å². The molecule has 1 aromatic rings. The fraction of sp³-hybridized carbons (Fsp3) is 0.333. The molecule has 5 nitrogen and oxygen atoms in total. The normalized spacial score (nSPS) is 11.9. The van der Waals surface area contributed by atoms with Gasteiger partial charge in [0.25, 0.3) is 0 Å². The largest absolute Gasteiger partial charge is 0.480 e. The SMILES string of the molecule is [B]c1ccc(NC(=O)NC(C(=O)O)C(C)C)cc1. The highest BCUT2D eigenvalue weighted by Gasteiger charge is 2.23. The van der Waals surface area contributed by atoms with Crippen LogP contribution in [0.1, 0.15) is 13.8 Å². The van der Waals surface area contributed by atoms with Crippen molar-refractivity contribution in [1.82, 2.24) is 5.32 Å². The number of carboxylic acids is 1. The molecule has 0 aliphatic heterocycles. The Kier molecular flexibility index (Phi) is 4.77. The van der Waals surface area contributed by atoms with Crippen molar-refractivity contribution in [2.45, 2.75) is 19.9 Å². The number of nitrogens with one attached hydrogen (secondary N) is 2. The number of amides is 2. The molecule has 0 heterocycles. The van der Waals surface area contributed by atoms with Gasteiger partial charge < -0.3 is 15.7 Å². The third-order valence-electron chi connectivity index (χ3n) is 2.39. The Balaban J connectivity index is 2.60. The molecule has 1 unspecified atom stereocenters. The number of anilines is 1. The summed E-state index contributed by atoms with van der Waals surface area (Å²) < 4.78 is 0. The number of hydrogen-bond acceptors (Lipinski definition) is 2. The molecule has 0 aromatic heterocycles. The first-order valence-electron chi connectivity index (χ1n) is 5.56. The second-order valence-corrected chi connectivity index (χ2v) is 4.28. The summed E-state index contributed by atoms with van der Waals surface area (Å²) in [4.78, 5) is 22.5. The smallest absolute Gasteiger partial charge is 0.326 e. The van der Waals surface area contributed by atoms with E-state index in [2.05, 4.69) is 10.6 Å². The molecule has 1 rings (SSSR count). The molecule has 0 saturated carbocycles. The first-order valence-corrected chi connectivity index (χ1v) is 5.56. The van der Waals surface area contributed by atoms with Gasteiger partial charge in [0, 0.05) is 5.69 Å². The predicted molar refractivity (Wildman–Crippen MR) is 70.2 cm³/mol. The lowest BCUT2D eigenvalue weighted by atomic mass is 9.96. The zero-order valence-corrected chi connectivity index (χ0v) is 10.3. The molecular weight excluding hydrogens is 231 g/mol. The molecule has 94 valence electrons. The fourth-order valence-electron chi connectivity index (χ4n) is 1.39. The van der Waals surface area contributed by atoms with E-state index >= 15 is 0 Å². The molecule has 0 fully saturated rings. The zero-order chi connectivity index (χ0) is 13.7. The highest BCUT2D eigenvalue weighted by molar-refractivity contribution is 6.32. The first-order chi connectivity index (χ1) is 8.40. The van der Waals surface area contributed by atoms with Gasteiger partial charge >= 0.3 is 12.0 Å². The summed E-state index contributed by atoms with van der Waals surface area (Å²) in [6, 6.07) is 5.10. The van der Waals surface area contributed by atoms with Gasteiger partial charge in [-0.05, 0) is 18.1 Å². The van der Waals surface area contributed by atoms with Gasteiger partial charge in [-0.15, -0.1) is 0 Å². The number of carboxylic acid groups (broad SMARTS) is 1. The second kappa shape index (κ2) is 6.09. The van der Waals surface area contributed by atoms with Crippen molar-refractivity contribution < 1.29 is 14.7 Å². The average Bonchev–Trinajstić information content (AvgIpc) is 2.28. The average molecular weight is 246 g/mol. The molecule has 0 bridgehead atoms. The van der Waals surface area contributed by atoms with E-state index in [0.717, 1.165) is 0 Å². The van der Waals surface area contributed by atoms with E-state index in [4.69, 9.17) is 13.0 Å². The summed E-state index contributed by atoms with van der Waals surface area (Å²) in [6.45, 7) is 3.45. The summed E-state index contributed by atoms with van der Waals surface area (Å²) in [6.07, 6.45) is 0. The Labute approximate surface area is 107 Å². The number of carbonyl (C=O) groups excluding carboxylic acids is 1. The molecule has 2 radical (unpaired) electrons. The Hall–Kier alpha value is -1.98. The Morgan fingerprint density at radius 2 is 1.78 bits per heavy atom. The quantitative estimate of drug-likeness (QED) is 0.684. The molecule has 1 aromatic carbocycles. The summed E-state index contributed by atoms with van der Waals surface area (Å²) in [5.74, 6) is -1.25. The lowest BCUT2D eigenvalue weighted by molar-refractivity contribution is -0.140. The summed E-state index contributed by atoms with van der Waals surface area (Å²) in [7, 11) is 5.51. The van der Waals surface area contributed by atoms with Crippen molar-refractivity contribution in [2.24, 2.45) is 5.92 Å². The van der Waals surface area contributed by atoms with Crippen molar-refractivity contribution >= 4 is 31.0 Å². The van der Waals surface area contributed by atoms with Gasteiger partial charge in [-0.1, -0.05) is 31.4 Å². The second-order valence-electron chi connectivity index (χ2n) is 4.28. The number of aliphatic carboxylic acids is 1. The van der Waals surface area contributed by atoms with Gasteiger partial charge in [0.1, 0.15) is 13.9 Å². The molecule has 0 aliphatic carbocycles. The van der Waals surface area contributed by atoms with Crippen molar-refractivity contribution in [3.63, 3.8) is 0 Å². The minimum atomic E-state index is -1.06. The van der Waals surface area contributed by atoms with E-state index in [9.17, 15) is 9.59 Å². The van der Waals surface area contributed by atoms with E-state index in [1.165, 1.54) is 0 Å². The van der Waals surface area contributed by atoms with Crippen LogP contribution in [0, 0.1) is 5.92 Å². The van der Waals surface area contributed by atoms with Crippen molar-refractivity contribution in [1.29, 1.82) is 0 Å². The van der Waals surface area contributed by atoms with Crippen molar-refractivity contribution in [2.75, 3.05) is 5.32 Å². The summed E-state index contributed by atoms with van der Waals surface area (Å²) in [5.41, 5.74) is 1.14. The molecule has 0 aliphatic rings. The van der Waals surface area contributed by atoms with Crippen LogP contribution in [0.15, 0.2) is 24.3 Å². The molecule has 6 heteroatoms. The van der Waals surface area contributed by atoms with Crippen LogP contribution < -0.4 is 16.1 Å². The van der Waals surface area contributed by atoms with Gasteiger partial charge in [0.2, 0.25) is 0 Å². The molecule has 3 N–H and O–H groups in total. The maximum Gasteiger partial charge on any atom is 0.326 e. The van der Waals surface area contributed by atoms with E-state index in [0.29, 0.717) is 11.2 Å². The topological polar surface area (TPSA) is 78.4 Å². The van der Waals surface area contributed by atoms with Crippen LogP contribution >= 0.6 is 0 Å². The lowest BCUT2D eigenvalue weighted by Crippen LogP contribution is -2.46. The van der Waals surface area contributed by atoms with Crippen LogP contribution in [-0.2, 0) is 4.79 Å². The standard InChI is InChI=1S/C12H15BN2O3/c1-7(2)10(11(16)17)15-12(18)14-9-5-3-8(13)4-6-9/h3-7,10H,1-2H3,(H,16,17)(H2,14,15,18). The molecule has 18 heavy (non-hydrogen) atoms. The maximum atomic E-state index is 11.6. The minimum Gasteiger partial charge on any atom is -0.480 e. The first kappa shape index (κ1) is 14.1. The van der Waals surface area contributed by atoms with Crippen LogP contribution in [0.5, 0.6) is 0 Å². The Bertz CT molecular complexity index is 431. The molecular formula is C12H15BN2O3. The van der Waals surface area contributed by atoms with Crippen LogP contribution in [0.3, 0.4) is 0 Å². The highest BCUT2D eigenvalue weighted by Crippen LogP contribution is 2.05. The van der Waals surface area contributed by atoms with E-state index < -0.39 is 18.0 Å². The minimum absolute atomic E-state index is 0.195. The summed E-state index contributed by atoms with van der Waals surface area (Å²) in [5, 5.41) is 13.9. The third-order valence-corrected chi connectivity index (χ3v) is 2.39. The van der Waals surface area contributed by atoms with Crippen LogP contribution in [-0.4, -0.2) is 31.0 Å². The number of urea groups is 1. The Morgan fingerprint density at radius 3 is 2.22 bits per heavy atom. The lowest BCUT2D eigenvalue weighted by Gasteiger charge is -2.18. The van der Waals surface area contributed by atoms with Crippen LogP contribution in [0.25, 0.3) is 0 Å². The van der Waals surface area contributed by atoms with Gasteiger partial charge in [0.15, 0.2) is 0 Å². The van der Waals surface area contributed by atoms with Crippen molar-refractivity contribution in [3.8, 4) is 0 Å². The number of benzene rings is 1. The number of hydrogen-bond donors (Lipinski definition) is 3. The third kappa shape index (κ3) is 4.12. The zero-order valence-electron chi connectivity index (χ0n) is 10.3. The predicted octanol–water partition coefficient (Wildman–Crippen LogP) is 0.711. The van der Waals surface area contributed by atoms with Crippen LogP contribution in [0.2, 0.25) is 0 Å². The fourth-order valence-corrected chi connectivity index (χ4v) is 1.39.